The number of piperidine rings is 1. The van der Waals surface area contributed by atoms with E-state index in [2.05, 4.69) is 9.12 Å². The van der Waals surface area contributed by atoms with Crippen molar-refractivity contribution in [1.29, 1.82) is 0 Å². The average molecular weight is 430 g/mol. The van der Waals surface area contributed by atoms with Gasteiger partial charge in [0.1, 0.15) is 11.5 Å². The van der Waals surface area contributed by atoms with Crippen LogP contribution in [0.25, 0.3) is 0 Å². The number of hydrogen-bond donors (Lipinski definition) is 3. The number of carbonyl (C=O) groups excluding carboxylic acids is 1. The van der Waals surface area contributed by atoms with Gasteiger partial charge in [0.05, 0.1) is 17.9 Å². The molecule has 2 aliphatic rings. The molecule has 2 aromatic carbocycles. The average Bonchev–Trinajstić information content (AvgIpc) is 2.71. The number of fused-ring (bicyclic) bond motifs is 1. The lowest BCUT2D eigenvalue weighted by atomic mass is 9.98. The number of aromatic hydroxyl groups is 1. The Morgan fingerprint density at radius 1 is 1.27 bits per heavy atom. The Bertz CT molecular complexity index is 1100. The van der Waals surface area contributed by atoms with Gasteiger partial charge in [-0.25, -0.2) is 0 Å². The van der Waals surface area contributed by atoms with Crippen molar-refractivity contribution in [2.75, 3.05) is 24.4 Å². The predicted molar refractivity (Wildman–Crippen MR) is 112 cm³/mol. The van der Waals surface area contributed by atoms with E-state index in [1.807, 2.05) is 0 Å². The smallest absolute Gasteiger partial charge is 0.344 e. The number of carbonyl (C=O) groups is 1. The Hall–Kier alpha value is -3.27. The van der Waals surface area contributed by atoms with Crippen LogP contribution in [0.4, 0.5) is 5.69 Å². The first-order chi connectivity index (χ1) is 14.3. The standard InChI is InChI=1S/C20H22N4O5S/c21-19-18-16(22-30(27,28)23-19)4-1-5-17(18)29-12-13-3-2-10-24(11-13)20(26)14-6-8-15(25)9-7-14/h1,4-9,13,22,25H,2-3,10-12H2,(H2,21,23). The summed E-state index contributed by atoms with van der Waals surface area (Å²) >= 11 is 0. The normalized spacial score (nSPS) is 19.9. The Balaban J connectivity index is 1.44. The van der Waals surface area contributed by atoms with Gasteiger partial charge in [-0.1, -0.05) is 6.07 Å². The van der Waals surface area contributed by atoms with Gasteiger partial charge >= 0.3 is 10.2 Å². The maximum atomic E-state index is 12.7. The summed E-state index contributed by atoms with van der Waals surface area (Å²) in [6.07, 6.45) is 1.76. The van der Waals surface area contributed by atoms with Crippen molar-refractivity contribution in [2.24, 2.45) is 16.0 Å². The van der Waals surface area contributed by atoms with E-state index < -0.39 is 10.2 Å². The highest BCUT2D eigenvalue weighted by Gasteiger charge is 2.27. The number of anilines is 1. The minimum absolute atomic E-state index is 0.0809. The number of amides is 1. The maximum absolute atomic E-state index is 12.7. The van der Waals surface area contributed by atoms with Gasteiger partial charge in [0, 0.05) is 24.6 Å². The molecule has 9 nitrogen and oxygen atoms in total. The number of phenolic OH excluding ortho intramolecular Hbond substituents is 1. The van der Waals surface area contributed by atoms with Crippen LogP contribution in [0.15, 0.2) is 46.9 Å². The second-order valence-electron chi connectivity index (χ2n) is 7.35. The van der Waals surface area contributed by atoms with Gasteiger partial charge < -0.3 is 20.5 Å². The third-order valence-corrected chi connectivity index (χ3v) is 6.05. The summed E-state index contributed by atoms with van der Waals surface area (Å²) in [6, 6.07) is 11.2. The van der Waals surface area contributed by atoms with Crippen LogP contribution in [0.2, 0.25) is 0 Å². The van der Waals surface area contributed by atoms with Crippen molar-refractivity contribution in [1.82, 2.24) is 4.90 Å². The maximum Gasteiger partial charge on any atom is 0.344 e. The first-order valence-electron chi connectivity index (χ1n) is 9.55. The number of benzene rings is 2. The summed E-state index contributed by atoms with van der Waals surface area (Å²) in [7, 11) is -3.85. The van der Waals surface area contributed by atoms with Gasteiger partial charge in [-0.05, 0) is 49.2 Å². The number of amidine groups is 1. The lowest BCUT2D eigenvalue weighted by Gasteiger charge is -2.33. The van der Waals surface area contributed by atoms with Crippen LogP contribution in [0.5, 0.6) is 11.5 Å². The van der Waals surface area contributed by atoms with E-state index in [0.29, 0.717) is 42.3 Å². The molecule has 0 bridgehead atoms. The number of likely N-dealkylation sites (tertiary alicyclic amines) is 1. The van der Waals surface area contributed by atoms with Crippen LogP contribution in [0, 0.1) is 5.92 Å². The minimum Gasteiger partial charge on any atom is -0.508 e. The molecule has 1 atom stereocenters. The van der Waals surface area contributed by atoms with Crippen molar-refractivity contribution in [3.63, 3.8) is 0 Å². The summed E-state index contributed by atoms with van der Waals surface area (Å²) in [5.41, 5.74) is 7.12. The second kappa shape index (κ2) is 7.86. The van der Waals surface area contributed by atoms with Gasteiger partial charge in [-0.2, -0.15) is 8.42 Å². The van der Waals surface area contributed by atoms with Gasteiger partial charge in [-0.15, -0.1) is 4.40 Å². The largest absolute Gasteiger partial charge is 0.508 e. The summed E-state index contributed by atoms with van der Waals surface area (Å²) < 4.78 is 35.2. The molecule has 10 heteroatoms. The molecule has 0 spiro atoms. The summed E-state index contributed by atoms with van der Waals surface area (Å²) in [4.78, 5) is 14.5. The summed E-state index contributed by atoms with van der Waals surface area (Å²) in [6.45, 7) is 1.57. The molecular weight excluding hydrogens is 408 g/mol. The van der Waals surface area contributed by atoms with Crippen LogP contribution in [0.1, 0.15) is 28.8 Å². The van der Waals surface area contributed by atoms with E-state index in [1.54, 1.807) is 35.2 Å². The Labute approximate surface area is 174 Å². The third-order valence-electron chi connectivity index (χ3n) is 5.13. The number of phenols is 1. The van der Waals surface area contributed by atoms with Crippen LogP contribution >= 0.6 is 0 Å². The monoisotopic (exact) mass is 430 g/mol. The summed E-state index contributed by atoms with van der Waals surface area (Å²) in [5, 5.41) is 9.40. The van der Waals surface area contributed by atoms with Gasteiger partial charge in [0.15, 0.2) is 5.84 Å². The van der Waals surface area contributed by atoms with Crippen molar-refractivity contribution < 1.29 is 23.1 Å². The molecule has 0 aromatic heterocycles. The van der Waals surface area contributed by atoms with Gasteiger partial charge in [0.2, 0.25) is 0 Å². The molecule has 1 amide bonds. The number of nitrogens with two attached hydrogens (primary N) is 1. The van der Waals surface area contributed by atoms with Crippen LogP contribution in [-0.4, -0.2) is 49.9 Å². The Morgan fingerprint density at radius 2 is 2.03 bits per heavy atom. The third kappa shape index (κ3) is 4.18. The Kier molecular flexibility index (Phi) is 5.25. The fourth-order valence-electron chi connectivity index (χ4n) is 3.72. The SMILES string of the molecule is NC1=NS(=O)(=O)Nc2cccc(OCC3CCCN(C(=O)c4ccc(O)cc4)C3)c21. The minimum atomic E-state index is -3.85. The molecule has 0 radical (unpaired) electrons. The molecule has 30 heavy (non-hydrogen) atoms. The van der Waals surface area contributed by atoms with Crippen LogP contribution in [-0.2, 0) is 10.2 Å². The topological polar surface area (TPSA) is 134 Å². The first kappa shape index (κ1) is 20.0. The highest BCUT2D eigenvalue weighted by molar-refractivity contribution is 7.91. The zero-order valence-electron chi connectivity index (χ0n) is 16.1. The zero-order chi connectivity index (χ0) is 21.3. The predicted octanol–water partition coefficient (Wildman–Crippen LogP) is 1.70. The number of hydrogen-bond acceptors (Lipinski definition) is 6. The van der Waals surface area contributed by atoms with E-state index in [1.165, 1.54) is 12.1 Å². The molecule has 158 valence electrons. The molecule has 0 aliphatic carbocycles. The van der Waals surface area contributed by atoms with E-state index in [0.717, 1.165) is 12.8 Å². The second-order valence-corrected chi connectivity index (χ2v) is 8.69. The van der Waals surface area contributed by atoms with E-state index in [-0.39, 0.29) is 23.4 Å². The highest BCUT2D eigenvalue weighted by atomic mass is 32.2. The van der Waals surface area contributed by atoms with Crippen molar-refractivity contribution >= 4 is 27.6 Å². The quantitative estimate of drug-likeness (QED) is 0.676. The van der Waals surface area contributed by atoms with Crippen molar-refractivity contribution in [3.8, 4) is 11.5 Å². The molecule has 2 aliphatic heterocycles. The van der Waals surface area contributed by atoms with E-state index in [4.69, 9.17) is 10.5 Å². The molecule has 1 fully saturated rings. The lowest BCUT2D eigenvalue weighted by molar-refractivity contribution is 0.0633. The fourth-order valence-corrected chi connectivity index (χ4v) is 4.56. The number of rotatable bonds is 4. The van der Waals surface area contributed by atoms with Gasteiger partial charge in [0.25, 0.3) is 5.91 Å². The zero-order valence-corrected chi connectivity index (χ0v) is 16.9. The molecule has 0 saturated carbocycles. The Morgan fingerprint density at radius 3 is 2.80 bits per heavy atom. The summed E-state index contributed by atoms with van der Waals surface area (Å²) in [5.74, 6) is 0.481. The molecule has 1 saturated heterocycles. The van der Waals surface area contributed by atoms with Gasteiger partial charge in [-0.3, -0.25) is 9.52 Å². The molecule has 1 unspecified atom stereocenters. The van der Waals surface area contributed by atoms with E-state index in [9.17, 15) is 18.3 Å². The van der Waals surface area contributed by atoms with Crippen LogP contribution in [0.3, 0.4) is 0 Å². The van der Waals surface area contributed by atoms with E-state index >= 15 is 0 Å². The first-order valence-corrected chi connectivity index (χ1v) is 11.0. The molecule has 2 aromatic rings. The lowest BCUT2D eigenvalue weighted by Crippen LogP contribution is -2.41. The number of nitrogens with zero attached hydrogens (tertiary/aromatic N) is 2. The van der Waals surface area contributed by atoms with Crippen LogP contribution < -0.4 is 15.2 Å². The number of nitrogens with one attached hydrogen (secondary N) is 1. The van der Waals surface area contributed by atoms with Crippen molar-refractivity contribution in [3.05, 3.63) is 53.6 Å². The number of ether oxygens (including phenoxy) is 1. The van der Waals surface area contributed by atoms with Crippen molar-refractivity contribution in [2.45, 2.75) is 12.8 Å². The molecule has 4 N–H and O–H groups in total. The highest BCUT2D eigenvalue weighted by Crippen LogP contribution is 2.31. The molecule has 2 heterocycles. The molecular formula is C20H22N4O5S. The fraction of sp³-hybridized carbons (Fsp3) is 0.300. The molecule has 4 rings (SSSR count).